The van der Waals surface area contributed by atoms with Crippen LogP contribution in [0, 0.1) is 0 Å². The van der Waals surface area contributed by atoms with Crippen molar-refractivity contribution in [1.29, 1.82) is 0 Å². The van der Waals surface area contributed by atoms with Crippen molar-refractivity contribution in [2.75, 3.05) is 13.7 Å². The average Bonchev–Trinajstić information content (AvgIpc) is 2.71. The Morgan fingerprint density at radius 2 is 1.71 bits per heavy atom. The van der Waals surface area contributed by atoms with Gasteiger partial charge in [-0.3, -0.25) is 4.79 Å². The Bertz CT molecular complexity index is 880. The molecular weight excluding hydrogens is 376 g/mol. The van der Waals surface area contributed by atoms with E-state index < -0.39 is 10.0 Å². The third kappa shape index (κ3) is 6.65. The number of carbonyl (C=O) groups excluding carboxylic acids is 1. The molecule has 0 bridgehead atoms. The largest absolute Gasteiger partial charge is 0.483 e. The van der Waals surface area contributed by atoms with Crippen molar-refractivity contribution < 1.29 is 17.9 Å². The second kappa shape index (κ2) is 10.2. The smallest absolute Gasteiger partial charge is 0.258 e. The summed E-state index contributed by atoms with van der Waals surface area (Å²) in [4.78, 5) is 12.1. The Balaban J connectivity index is 1.85. The van der Waals surface area contributed by atoms with Gasteiger partial charge in [0.05, 0.1) is 5.75 Å². The molecule has 2 aromatic carbocycles. The van der Waals surface area contributed by atoms with Crippen molar-refractivity contribution in [2.24, 2.45) is 0 Å². The lowest BCUT2D eigenvalue weighted by Gasteiger charge is -2.15. The van der Waals surface area contributed by atoms with E-state index in [9.17, 15) is 13.2 Å². The number of hydrogen-bond donors (Lipinski definition) is 2. The number of para-hydroxylation sites is 1. The molecule has 0 aliphatic rings. The van der Waals surface area contributed by atoms with Gasteiger partial charge in [0.25, 0.3) is 5.91 Å². The molecule has 0 saturated heterocycles. The van der Waals surface area contributed by atoms with Gasteiger partial charge in [0, 0.05) is 6.54 Å². The molecular formula is C21H28N2O4S. The number of nitrogens with one attached hydrogen (secondary N) is 2. The highest BCUT2D eigenvalue weighted by Gasteiger charge is 2.11. The maximum absolute atomic E-state index is 12.1. The van der Waals surface area contributed by atoms with Crippen molar-refractivity contribution in [3.05, 3.63) is 65.2 Å². The summed E-state index contributed by atoms with van der Waals surface area (Å²) in [6, 6.07) is 14.9. The summed E-state index contributed by atoms with van der Waals surface area (Å²) in [5, 5.41) is 2.82. The summed E-state index contributed by atoms with van der Waals surface area (Å²) in [7, 11) is -1.90. The van der Waals surface area contributed by atoms with Crippen LogP contribution in [0.1, 0.15) is 42.9 Å². The molecule has 1 unspecified atom stereocenters. The van der Waals surface area contributed by atoms with Crippen LogP contribution in [0.3, 0.4) is 0 Å². The summed E-state index contributed by atoms with van der Waals surface area (Å²) in [6.07, 6.45) is 0.998. The maximum Gasteiger partial charge on any atom is 0.258 e. The van der Waals surface area contributed by atoms with Gasteiger partial charge in [-0.2, -0.15) is 0 Å². The molecule has 2 N–H and O–H groups in total. The first-order valence-corrected chi connectivity index (χ1v) is 11.0. The van der Waals surface area contributed by atoms with Crippen LogP contribution in [-0.4, -0.2) is 28.0 Å². The summed E-state index contributed by atoms with van der Waals surface area (Å²) in [5.74, 6) is 0.826. The van der Waals surface area contributed by atoms with E-state index in [0.717, 1.165) is 23.3 Å². The molecule has 6 nitrogen and oxygen atoms in total. The van der Waals surface area contributed by atoms with E-state index in [2.05, 4.69) is 23.9 Å². The van der Waals surface area contributed by atoms with Crippen LogP contribution in [0.2, 0.25) is 0 Å². The average molecular weight is 405 g/mol. The van der Waals surface area contributed by atoms with Crippen molar-refractivity contribution in [3.63, 3.8) is 0 Å². The summed E-state index contributed by atoms with van der Waals surface area (Å²) >= 11 is 0. The van der Waals surface area contributed by atoms with Crippen LogP contribution in [0.4, 0.5) is 0 Å². The standard InChI is InChI=1S/C21H28N2O4S/c1-4-16(2)19-7-5-6-8-20(19)27-14-21(24)23-13-17-9-11-18(12-10-17)15-28(25,26)22-3/h5-12,16,22H,4,13-15H2,1-3H3,(H,23,24). The molecule has 1 atom stereocenters. The Labute approximate surface area is 167 Å². The van der Waals surface area contributed by atoms with Gasteiger partial charge in [0.1, 0.15) is 5.75 Å². The Morgan fingerprint density at radius 3 is 2.36 bits per heavy atom. The predicted octanol–water partition coefficient (Wildman–Crippen LogP) is 2.94. The van der Waals surface area contributed by atoms with Crippen LogP contribution in [0.15, 0.2) is 48.5 Å². The molecule has 1 amide bonds. The number of benzene rings is 2. The molecule has 152 valence electrons. The van der Waals surface area contributed by atoms with Crippen LogP contribution in [-0.2, 0) is 27.1 Å². The van der Waals surface area contributed by atoms with E-state index in [4.69, 9.17) is 4.74 Å². The number of carbonyl (C=O) groups is 1. The molecule has 0 spiro atoms. The van der Waals surface area contributed by atoms with Gasteiger partial charge in [-0.05, 0) is 42.1 Å². The van der Waals surface area contributed by atoms with E-state index in [-0.39, 0.29) is 18.3 Å². The lowest BCUT2D eigenvalue weighted by atomic mass is 9.98. The number of sulfonamides is 1. The quantitative estimate of drug-likeness (QED) is 0.638. The molecule has 0 aliphatic heterocycles. The van der Waals surface area contributed by atoms with Gasteiger partial charge in [0.15, 0.2) is 6.61 Å². The molecule has 0 fully saturated rings. The Hall–Kier alpha value is -2.38. The van der Waals surface area contributed by atoms with Crippen molar-refractivity contribution in [2.45, 2.75) is 38.5 Å². The van der Waals surface area contributed by atoms with Gasteiger partial charge < -0.3 is 10.1 Å². The SMILES string of the molecule is CCC(C)c1ccccc1OCC(=O)NCc1ccc(CS(=O)(=O)NC)cc1. The highest BCUT2D eigenvalue weighted by molar-refractivity contribution is 7.88. The van der Waals surface area contributed by atoms with E-state index >= 15 is 0 Å². The zero-order valence-electron chi connectivity index (χ0n) is 16.6. The molecule has 0 aromatic heterocycles. The summed E-state index contributed by atoms with van der Waals surface area (Å²) < 4.78 is 31.1. The van der Waals surface area contributed by atoms with E-state index in [1.54, 1.807) is 24.3 Å². The highest BCUT2D eigenvalue weighted by Crippen LogP contribution is 2.28. The van der Waals surface area contributed by atoms with E-state index in [1.807, 2.05) is 24.3 Å². The van der Waals surface area contributed by atoms with Crippen molar-refractivity contribution in [3.8, 4) is 5.75 Å². The third-order valence-electron chi connectivity index (χ3n) is 4.60. The first-order chi connectivity index (χ1) is 13.3. The normalized spacial score (nSPS) is 12.4. The maximum atomic E-state index is 12.1. The van der Waals surface area contributed by atoms with Gasteiger partial charge in [0.2, 0.25) is 10.0 Å². The monoisotopic (exact) mass is 404 g/mol. The minimum Gasteiger partial charge on any atom is -0.483 e. The summed E-state index contributed by atoms with van der Waals surface area (Å²) in [5.41, 5.74) is 2.68. The lowest BCUT2D eigenvalue weighted by Crippen LogP contribution is -2.28. The van der Waals surface area contributed by atoms with Gasteiger partial charge >= 0.3 is 0 Å². The summed E-state index contributed by atoms with van der Waals surface area (Å²) in [6.45, 7) is 4.56. The fraction of sp³-hybridized carbons (Fsp3) is 0.381. The second-order valence-corrected chi connectivity index (χ2v) is 8.62. The number of ether oxygens (including phenoxy) is 1. The molecule has 2 aromatic rings. The fourth-order valence-corrected chi connectivity index (χ4v) is 3.45. The van der Waals surface area contributed by atoms with Crippen LogP contribution in [0.5, 0.6) is 5.75 Å². The third-order valence-corrected chi connectivity index (χ3v) is 5.94. The highest BCUT2D eigenvalue weighted by atomic mass is 32.2. The zero-order chi connectivity index (χ0) is 20.6. The van der Waals surface area contributed by atoms with Crippen molar-refractivity contribution >= 4 is 15.9 Å². The number of amides is 1. The van der Waals surface area contributed by atoms with Crippen molar-refractivity contribution in [1.82, 2.24) is 10.0 Å². The Morgan fingerprint density at radius 1 is 1.07 bits per heavy atom. The van der Waals surface area contributed by atoms with Gasteiger partial charge in [-0.25, -0.2) is 13.1 Å². The molecule has 0 radical (unpaired) electrons. The topological polar surface area (TPSA) is 84.5 Å². The van der Waals surface area contributed by atoms with Crippen LogP contribution >= 0.6 is 0 Å². The molecule has 0 heterocycles. The zero-order valence-corrected chi connectivity index (χ0v) is 17.4. The Kier molecular flexibility index (Phi) is 8.02. The second-order valence-electron chi connectivity index (χ2n) is 6.69. The van der Waals surface area contributed by atoms with E-state index in [1.165, 1.54) is 7.05 Å². The first kappa shape index (κ1) is 21.9. The minimum atomic E-state index is -3.29. The molecule has 0 aliphatic carbocycles. The minimum absolute atomic E-state index is 0.0497. The molecule has 7 heteroatoms. The molecule has 0 saturated carbocycles. The van der Waals surface area contributed by atoms with E-state index in [0.29, 0.717) is 18.0 Å². The fourth-order valence-electron chi connectivity index (χ4n) is 2.68. The number of hydrogen-bond acceptors (Lipinski definition) is 4. The van der Waals surface area contributed by atoms with Gasteiger partial charge in [-0.1, -0.05) is 56.3 Å². The first-order valence-electron chi connectivity index (χ1n) is 9.32. The molecule has 2 rings (SSSR count). The van der Waals surface area contributed by atoms with Gasteiger partial charge in [-0.15, -0.1) is 0 Å². The molecule has 28 heavy (non-hydrogen) atoms. The van der Waals surface area contributed by atoms with Crippen LogP contribution in [0.25, 0.3) is 0 Å². The lowest BCUT2D eigenvalue weighted by molar-refractivity contribution is -0.123. The predicted molar refractivity (Wildman–Crippen MR) is 111 cm³/mol. The number of rotatable bonds is 10. The van der Waals surface area contributed by atoms with Crippen LogP contribution < -0.4 is 14.8 Å².